The normalized spacial score (nSPS) is 41.3. The van der Waals surface area contributed by atoms with E-state index in [4.69, 9.17) is 15.2 Å². The van der Waals surface area contributed by atoms with Gasteiger partial charge in [0.15, 0.2) is 23.3 Å². The zero-order valence-corrected chi connectivity index (χ0v) is 25.0. The summed E-state index contributed by atoms with van der Waals surface area (Å²) in [5.41, 5.74) is 3.26. The van der Waals surface area contributed by atoms with E-state index < -0.39 is 57.6 Å². The number of halogens is 2. The highest BCUT2D eigenvalue weighted by Crippen LogP contribution is 2.72. The molecule has 10 heteroatoms. The Morgan fingerprint density at radius 1 is 1.26 bits per heavy atom. The number of thioether (sulfide) groups is 1. The smallest absolute Gasteiger partial charge is 0.226 e. The molecule has 9 atom stereocenters. The molecule has 43 heavy (non-hydrogen) atoms. The van der Waals surface area contributed by atoms with Crippen molar-refractivity contribution in [3.05, 3.63) is 77.7 Å². The first kappa shape index (κ1) is 29.0. The Morgan fingerprint density at radius 3 is 2.84 bits per heavy atom. The minimum absolute atomic E-state index is 0.0586. The summed E-state index contributed by atoms with van der Waals surface area (Å²) in [6.07, 6.45) is 6.44. The van der Waals surface area contributed by atoms with Gasteiger partial charge in [-0.15, -0.1) is 0 Å². The highest BCUT2D eigenvalue weighted by molar-refractivity contribution is 8.13. The summed E-state index contributed by atoms with van der Waals surface area (Å²) in [6.45, 7) is 4.21. The van der Waals surface area contributed by atoms with Gasteiger partial charge in [-0.1, -0.05) is 42.5 Å². The minimum Gasteiger partial charge on any atom is -0.399 e. The number of aromatic nitrogens is 1. The summed E-state index contributed by atoms with van der Waals surface area (Å²) in [6, 6.07) is 8.55. The molecule has 3 saturated carbocycles. The van der Waals surface area contributed by atoms with Crippen LogP contribution in [0.3, 0.4) is 0 Å². The Morgan fingerprint density at radius 2 is 2.07 bits per heavy atom. The summed E-state index contributed by atoms with van der Waals surface area (Å²) in [7, 11) is 0. The first-order valence-electron chi connectivity index (χ1n) is 14.8. The highest BCUT2D eigenvalue weighted by atomic mass is 32.2. The molecular formula is C33H36F2N2O5S. The Balaban J connectivity index is 1.22. The predicted molar refractivity (Wildman–Crippen MR) is 158 cm³/mol. The van der Waals surface area contributed by atoms with Crippen LogP contribution in [0.25, 0.3) is 0 Å². The van der Waals surface area contributed by atoms with Crippen molar-refractivity contribution in [3.8, 4) is 0 Å². The summed E-state index contributed by atoms with van der Waals surface area (Å²) in [4.78, 5) is 26.1. The molecule has 7 rings (SSSR count). The number of nitrogens with zero attached hydrogens (tertiary/aromatic N) is 1. The van der Waals surface area contributed by atoms with Crippen molar-refractivity contribution >= 4 is 28.3 Å². The molecule has 1 aromatic carbocycles. The van der Waals surface area contributed by atoms with Crippen molar-refractivity contribution in [2.75, 3.05) is 11.7 Å². The average Bonchev–Trinajstić information content (AvgIpc) is 3.63. The molecule has 0 bridgehead atoms. The molecule has 0 spiro atoms. The second kappa shape index (κ2) is 9.86. The highest BCUT2D eigenvalue weighted by Gasteiger charge is 2.79. The number of allylic oxidation sites excluding steroid dienone is 4. The van der Waals surface area contributed by atoms with Crippen LogP contribution in [0.15, 0.2) is 66.5 Å². The van der Waals surface area contributed by atoms with E-state index in [1.165, 1.54) is 12.2 Å². The monoisotopic (exact) mass is 610 g/mol. The number of carbonyl (C=O) groups is 2. The summed E-state index contributed by atoms with van der Waals surface area (Å²) < 4.78 is 46.4. The van der Waals surface area contributed by atoms with Crippen molar-refractivity contribution < 1.29 is 33.0 Å². The summed E-state index contributed by atoms with van der Waals surface area (Å²) >= 11 is 0.542. The lowest BCUT2D eigenvalue weighted by Gasteiger charge is -2.62. The second-order valence-electron chi connectivity index (χ2n) is 13.2. The van der Waals surface area contributed by atoms with Gasteiger partial charge in [-0.2, -0.15) is 0 Å². The number of alkyl halides is 2. The topological polar surface area (TPSA) is 104 Å². The Labute approximate surface area is 253 Å². The number of aliphatic hydroxyl groups is 1. The van der Waals surface area contributed by atoms with Gasteiger partial charge in [-0.25, -0.2) is 8.78 Å². The van der Waals surface area contributed by atoms with Crippen LogP contribution in [-0.2, 0) is 25.6 Å². The van der Waals surface area contributed by atoms with Gasteiger partial charge in [-0.05, 0) is 74.4 Å². The SMILES string of the molecule is C[C@]12C=CC(=O)C=C1CC[C@H]1[C@@H]3C[C@H]4O[C@@H](c5ccn(Cc6cccc(N)c6)c5)O[C@@]4(C(=O)SCF)[C@@]3(C)C[C@H](O)[C@@]12F. The number of hydrogen-bond acceptors (Lipinski definition) is 7. The van der Waals surface area contributed by atoms with Gasteiger partial charge in [-0.3, -0.25) is 9.59 Å². The standard InChI is InChI=1S/C33H36F2N2O5S/c1-30-10-8-23(38)13-21(30)6-7-24-25-14-27-33(29(40)43-18-34,31(25,2)15-26(39)32(24,30)35)42-28(41-27)20-9-11-37(17-20)16-19-4-3-5-22(36)12-19/h3-5,8-13,17,24-28,39H,6-7,14-16,18,36H2,1-2H3/t24-,25-,26-,27+,28+,30-,31-,32-,33-/m0/s1. The van der Waals surface area contributed by atoms with Crippen LogP contribution in [-0.4, -0.2) is 50.1 Å². The fourth-order valence-corrected chi connectivity index (χ4v) is 9.94. The zero-order valence-electron chi connectivity index (χ0n) is 24.2. The van der Waals surface area contributed by atoms with Crippen LogP contribution < -0.4 is 5.73 Å². The third-order valence-electron chi connectivity index (χ3n) is 11.2. The molecule has 4 aliphatic carbocycles. The van der Waals surface area contributed by atoms with Crippen LogP contribution in [0.5, 0.6) is 0 Å². The number of benzene rings is 1. The number of nitrogens with two attached hydrogens (primary N) is 1. The van der Waals surface area contributed by atoms with E-state index in [0.29, 0.717) is 54.4 Å². The molecule has 0 unspecified atom stereocenters. The molecule has 1 saturated heterocycles. The molecule has 2 heterocycles. The number of carbonyl (C=O) groups excluding carboxylic acids is 2. The van der Waals surface area contributed by atoms with Gasteiger partial charge in [0, 0.05) is 46.9 Å². The Hall–Kier alpha value is -2.79. The molecule has 1 aliphatic heterocycles. The van der Waals surface area contributed by atoms with E-state index in [0.717, 1.165) is 5.56 Å². The van der Waals surface area contributed by atoms with E-state index in [-0.39, 0.29) is 18.1 Å². The molecule has 7 nitrogen and oxygen atoms in total. The largest absolute Gasteiger partial charge is 0.399 e. The van der Waals surface area contributed by atoms with Crippen LogP contribution in [0, 0.1) is 22.7 Å². The summed E-state index contributed by atoms with van der Waals surface area (Å²) in [5.74, 6) is -1.16. The third-order valence-corrected chi connectivity index (χ3v) is 11.9. The van der Waals surface area contributed by atoms with Crippen LogP contribution in [0.1, 0.15) is 56.9 Å². The van der Waals surface area contributed by atoms with Gasteiger partial charge in [0.1, 0.15) is 6.01 Å². The number of ether oxygens (including phenoxy) is 2. The van der Waals surface area contributed by atoms with Crippen LogP contribution in [0.2, 0.25) is 0 Å². The second-order valence-corrected chi connectivity index (χ2v) is 14.1. The van der Waals surface area contributed by atoms with Crippen molar-refractivity contribution in [2.24, 2.45) is 22.7 Å². The van der Waals surface area contributed by atoms with Crippen molar-refractivity contribution in [1.29, 1.82) is 0 Å². The number of anilines is 1. The molecule has 228 valence electrons. The number of rotatable bonds is 5. The average molecular weight is 611 g/mol. The van der Waals surface area contributed by atoms with Gasteiger partial charge in [0.05, 0.1) is 12.2 Å². The number of fused-ring (bicyclic) bond motifs is 7. The van der Waals surface area contributed by atoms with E-state index in [1.807, 2.05) is 54.2 Å². The lowest BCUT2D eigenvalue weighted by Crippen LogP contribution is -2.69. The molecule has 5 aliphatic rings. The van der Waals surface area contributed by atoms with E-state index >= 15 is 4.39 Å². The van der Waals surface area contributed by atoms with Crippen LogP contribution >= 0.6 is 11.8 Å². The van der Waals surface area contributed by atoms with E-state index in [1.54, 1.807) is 13.0 Å². The molecular weight excluding hydrogens is 574 g/mol. The lowest BCUT2D eigenvalue weighted by molar-refractivity contribution is -0.228. The van der Waals surface area contributed by atoms with Gasteiger partial charge < -0.3 is 24.9 Å². The molecule has 3 N–H and O–H groups in total. The predicted octanol–water partition coefficient (Wildman–Crippen LogP) is 5.44. The summed E-state index contributed by atoms with van der Waals surface area (Å²) in [5, 5.41) is 11.2. The zero-order chi connectivity index (χ0) is 30.4. The maximum absolute atomic E-state index is 17.6. The first-order valence-corrected chi connectivity index (χ1v) is 15.8. The van der Waals surface area contributed by atoms with Crippen molar-refractivity contribution in [3.63, 3.8) is 0 Å². The lowest BCUT2D eigenvalue weighted by atomic mass is 9.45. The third kappa shape index (κ3) is 3.89. The van der Waals surface area contributed by atoms with Gasteiger partial charge >= 0.3 is 0 Å². The minimum atomic E-state index is -2.05. The molecule has 4 fully saturated rings. The number of hydrogen-bond donors (Lipinski definition) is 2. The Kier molecular flexibility index (Phi) is 6.64. The van der Waals surface area contributed by atoms with Crippen molar-refractivity contribution in [1.82, 2.24) is 4.57 Å². The molecule has 0 radical (unpaired) electrons. The molecule has 1 aromatic heterocycles. The molecule has 2 aromatic rings. The van der Waals surface area contributed by atoms with Gasteiger partial charge in [0.2, 0.25) is 5.12 Å². The van der Waals surface area contributed by atoms with Gasteiger partial charge in [0.25, 0.3) is 0 Å². The first-order chi connectivity index (χ1) is 20.5. The van der Waals surface area contributed by atoms with Crippen LogP contribution in [0.4, 0.5) is 14.5 Å². The quantitative estimate of drug-likeness (QED) is 0.435. The number of nitrogen functional groups attached to an aromatic ring is 1. The fourth-order valence-electron chi connectivity index (χ4n) is 9.21. The Bertz CT molecular complexity index is 1560. The van der Waals surface area contributed by atoms with Crippen molar-refractivity contribution in [2.45, 2.75) is 75.8 Å². The van der Waals surface area contributed by atoms with E-state index in [9.17, 15) is 19.1 Å². The fraction of sp³-hybridized carbons (Fsp3) is 0.515. The van der Waals surface area contributed by atoms with E-state index in [2.05, 4.69) is 0 Å². The molecule has 0 amide bonds. The maximum atomic E-state index is 17.6. The number of aliphatic hydroxyl groups excluding tert-OH is 1. The maximum Gasteiger partial charge on any atom is 0.226 e. The number of ketones is 1.